The Hall–Kier alpha value is -3.97. The number of thiazole rings is 1. The maximum Gasteiger partial charge on any atom is 0.410 e. The average Bonchev–Trinajstić information content (AvgIpc) is 3.86. The number of hydrogen-bond donors (Lipinski definition) is 1. The molecule has 1 N–H and O–H groups in total. The number of aromatic nitrogens is 2. The summed E-state index contributed by atoms with van der Waals surface area (Å²) in [6.07, 6.45) is 2.94. The Morgan fingerprint density at radius 1 is 1.08 bits per heavy atom. The van der Waals surface area contributed by atoms with Gasteiger partial charge in [0, 0.05) is 18.7 Å². The molecule has 3 aromatic rings. The van der Waals surface area contributed by atoms with Crippen molar-refractivity contribution in [2.45, 2.75) is 83.5 Å². The minimum absolute atomic E-state index is 0.102. The zero-order chi connectivity index (χ0) is 33.9. The minimum atomic E-state index is -0.620. The highest BCUT2D eigenvalue weighted by molar-refractivity contribution is 7.13. The highest BCUT2D eigenvalue weighted by Gasteiger charge is 2.41. The van der Waals surface area contributed by atoms with Gasteiger partial charge in [0.2, 0.25) is 11.8 Å². The maximum absolute atomic E-state index is 14.0. The number of likely N-dealkylation sites (N-methyl/N-ethyl adjacent to an activating group) is 1. The van der Waals surface area contributed by atoms with Crippen molar-refractivity contribution in [1.82, 2.24) is 30.2 Å². The number of likely N-dealkylation sites (tertiary alicyclic amines) is 3. The van der Waals surface area contributed by atoms with Crippen LogP contribution in [-0.2, 0) is 14.3 Å². The third kappa shape index (κ3) is 7.36. The summed E-state index contributed by atoms with van der Waals surface area (Å²) in [6.45, 7) is 10.6. The van der Waals surface area contributed by atoms with E-state index in [4.69, 9.17) is 14.0 Å². The lowest BCUT2D eigenvalue weighted by molar-refractivity contribution is -0.141. The third-order valence-electron chi connectivity index (χ3n) is 9.83. The predicted octanol–water partition coefficient (Wildman–Crippen LogP) is 5.01. The first kappa shape index (κ1) is 33.9. The third-order valence-corrected chi connectivity index (χ3v) is 10.8. The van der Waals surface area contributed by atoms with Gasteiger partial charge in [-0.25, -0.2) is 9.78 Å². The monoisotopic (exact) mass is 678 g/mol. The highest BCUT2D eigenvalue weighted by atomic mass is 32.1. The SMILES string of the molecule is Cc1ncsc1-c1ccc([C@H](C)NC(=O)[C@@H]2CCCN2C(=O)[C@@H](c2cc(OC3CN(C(=O)OC[C@@H]4CCCN4C)C3)no2)C(C)C)cc1. The summed E-state index contributed by atoms with van der Waals surface area (Å²) >= 11 is 1.61. The molecule has 6 rings (SSSR count). The van der Waals surface area contributed by atoms with Crippen molar-refractivity contribution < 1.29 is 28.4 Å². The van der Waals surface area contributed by atoms with Crippen LogP contribution >= 0.6 is 11.3 Å². The largest absolute Gasteiger partial charge is 0.468 e. The molecule has 3 aliphatic rings. The molecule has 0 radical (unpaired) electrons. The van der Waals surface area contributed by atoms with Crippen molar-refractivity contribution in [2.24, 2.45) is 5.92 Å². The molecular weight excluding hydrogens is 632 g/mol. The Bertz CT molecular complexity index is 1580. The molecule has 1 aromatic carbocycles. The van der Waals surface area contributed by atoms with Crippen molar-refractivity contribution in [2.75, 3.05) is 39.8 Å². The standard InChI is InChI=1S/C35H46N6O6S/c1-21(2)31(29-16-30(38-47-29)46-27-17-40(18-27)35(44)45-19-26-8-6-14-39(26)5)34(43)41-15-7-9-28(41)33(42)37-22(3)24-10-12-25(13-11-24)32-23(4)36-20-48-32/h10-13,16,20-22,26-28,31H,6-9,14-15,17-19H2,1-5H3,(H,37,42)/t22-,26-,28-,31+/m0/s1. The molecule has 0 unspecified atom stereocenters. The van der Waals surface area contributed by atoms with E-state index in [0.717, 1.165) is 47.5 Å². The number of rotatable bonds is 11. The van der Waals surface area contributed by atoms with Crippen LogP contribution in [0.15, 0.2) is 40.4 Å². The Balaban J connectivity index is 1.02. The molecule has 2 aromatic heterocycles. The van der Waals surface area contributed by atoms with Crippen molar-refractivity contribution in [3.8, 4) is 16.3 Å². The van der Waals surface area contributed by atoms with E-state index in [1.165, 1.54) is 0 Å². The molecule has 3 fully saturated rings. The summed E-state index contributed by atoms with van der Waals surface area (Å²) in [5.41, 5.74) is 4.93. The van der Waals surface area contributed by atoms with Crippen LogP contribution in [-0.4, -0.2) is 101 Å². The van der Waals surface area contributed by atoms with E-state index in [1.807, 2.05) is 45.3 Å². The molecule has 3 saturated heterocycles. The van der Waals surface area contributed by atoms with Gasteiger partial charge in [0.15, 0.2) is 5.76 Å². The van der Waals surface area contributed by atoms with E-state index in [1.54, 1.807) is 27.2 Å². The van der Waals surface area contributed by atoms with E-state index >= 15 is 0 Å². The molecule has 258 valence electrons. The number of amides is 3. The second kappa shape index (κ2) is 14.7. The van der Waals surface area contributed by atoms with Crippen LogP contribution in [0.4, 0.5) is 4.79 Å². The number of hydrogen-bond acceptors (Lipinski definition) is 10. The zero-order valence-electron chi connectivity index (χ0n) is 28.4. The van der Waals surface area contributed by atoms with Gasteiger partial charge in [0.25, 0.3) is 5.88 Å². The fraction of sp³-hybridized carbons (Fsp3) is 0.571. The number of carbonyl (C=O) groups excluding carboxylic acids is 3. The van der Waals surface area contributed by atoms with Crippen LogP contribution in [0.5, 0.6) is 5.88 Å². The zero-order valence-corrected chi connectivity index (χ0v) is 29.2. The van der Waals surface area contributed by atoms with E-state index in [-0.39, 0.29) is 47.9 Å². The summed E-state index contributed by atoms with van der Waals surface area (Å²) < 4.78 is 17.1. The van der Waals surface area contributed by atoms with Crippen molar-refractivity contribution >= 4 is 29.2 Å². The number of benzene rings is 1. The van der Waals surface area contributed by atoms with Crippen LogP contribution in [0.1, 0.15) is 75.4 Å². The summed E-state index contributed by atoms with van der Waals surface area (Å²) in [5.74, 6) is -0.372. The van der Waals surface area contributed by atoms with Crippen molar-refractivity contribution in [1.29, 1.82) is 0 Å². The van der Waals surface area contributed by atoms with Crippen LogP contribution < -0.4 is 10.1 Å². The van der Waals surface area contributed by atoms with E-state index in [0.29, 0.717) is 38.4 Å². The molecule has 48 heavy (non-hydrogen) atoms. The Morgan fingerprint density at radius 3 is 2.50 bits per heavy atom. The predicted molar refractivity (Wildman–Crippen MR) is 181 cm³/mol. The second-order valence-corrected chi connectivity index (χ2v) is 14.5. The van der Waals surface area contributed by atoms with E-state index in [2.05, 4.69) is 39.5 Å². The molecule has 3 aliphatic heterocycles. The summed E-state index contributed by atoms with van der Waals surface area (Å²) in [5, 5.41) is 7.21. The van der Waals surface area contributed by atoms with Crippen molar-refractivity contribution in [3.05, 3.63) is 52.9 Å². The van der Waals surface area contributed by atoms with Gasteiger partial charge in [0.1, 0.15) is 24.7 Å². The van der Waals surface area contributed by atoms with Crippen LogP contribution in [0.2, 0.25) is 0 Å². The van der Waals surface area contributed by atoms with Gasteiger partial charge >= 0.3 is 6.09 Å². The van der Waals surface area contributed by atoms with E-state index in [9.17, 15) is 14.4 Å². The Labute approximate surface area is 285 Å². The number of ether oxygens (including phenoxy) is 2. The lowest BCUT2D eigenvalue weighted by Crippen LogP contribution is -2.56. The second-order valence-electron chi connectivity index (χ2n) is 13.6. The molecule has 4 atom stereocenters. The average molecular weight is 679 g/mol. The molecule has 13 heteroatoms. The van der Waals surface area contributed by atoms with Gasteiger partial charge in [-0.1, -0.05) is 38.1 Å². The first-order valence-electron chi connectivity index (χ1n) is 17.0. The topological polar surface area (TPSA) is 130 Å². The first-order valence-corrected chi connectivity index (χ1v) is 17.8. The van der Waals surface area contributed by atoms with Crippen LogP contribution in [0.3, 0.4) is 0 Å². The quantitative estimate of drug-likeness (QED) is 0.298. The number of carbonyl (C=O) groups is 3. The van der Waals surface area contributed by atoms with Crippen LogP contribution in [0.25, 0.3) is 10.4 Å². The van der Waals surface area contributed by atoms with Gasteiger partial charge in [-0.3, -0.25) is 9.59 Å². The highest BCUT2D eigenvalue weighted by Crippen LogP contribution is 2.33. The molecule has 5 heterocycles. The molecule has 0 spiro atoms. The molecule has 0 bridgehead atoms. The lowest BCUT2D eigenvalue weighted by Gasteiger charge is -2.37. The summed E-state index contributed by atoms with van der Waals surface area (Å²) in [4.78, 5) is 50.9. The van der Waals surface area contributed by atoms with Gasteiger partial charge < -0.3 is 34.0 Å². The van der Waals surface area contributed by atoms with E-state index < -0.39 is 12.0 Å². The molecule has 3 amide bonds. The fourth-order valence-electron chi connectivity index (χ4n) is 6.87. The normalized spacial score (nSPS) is 21.3. The number of aryl methyl sites for hydroxylation is 1. The maximum atomic E-state index is 14.0. The number of nitrogens with one attached hydrogen (secondary N) is 1. The van der Waals surface area contributed by atoms with Crippen molar-refractivity contribution in [3.63, 3.8) is 0 Å². The van der Waals surface area contributed by atoms with Crippen LogP contribution in [0, 0.1) is 12.8 Å². The lowest BCUT2D eigenvalue weighted by atomic mass is 9.91. The van der Waals surface area contributed by atoms with Gasteiger partial charge in [-0.15, -0.1) is 11.3 Å². The van der Waals surface area contributed by atoms with Gasteiger partial charge in [-0.05, 0) is 75.3 Å². The summed E-state index contributed by atoms with van der Waals surface area (Å²) in [6, 6.07) is 9.31. The smallest absolute Gasteiger partial charge is 0.410 e. The summed E-state index contributed by atoms with van der Waals surface area (Å²) in [7, 11) is 2.05. The number of nitrogens with zero attached hydrogens (tertiary/aromatic N) is 5. The molecular formula is C35H46N6O6S. The first-order chi connectivity index (χ1) is 23.1. The Kier molecular flexibility index (Phi) is 10.4. The van der Waals surface area contributed by atoms with Gasteiger partial charge in [-0.2, -0.15) is 0 Å². The van der Waals surface area contributed by atoms with Gasteiger partial charge in [0.05, 0.1) is 35.2 Å². The molecule has 0 saturated carbocycles. The fourth-order valence-corrected chi connectivity index (χ4v) is 7.68. The molecule has 12 nitrogen and oxygen atoms in total. The minimum Gasteiger partial charge on any atom is -0.468 e. The molecule has 0 aliphatic carbocycles. The Morgan fingerprint density at radius 2 is 1.83 bits per heavy atom.